The molecule has 2 aromatic heterocycles. The molecule has 0 unspecified atom stereocenters. The third kappa shape index (κ3) is 4.41. The van der Waals surface area contributed by atoms with Crippen LogP contribution in [0.2, 0.25) is 0 Å². The molecule has 3 aromatic carbocycles. The van der Waals surface area contributed by atoms with E-state index in [1.807, 2.05) is 87.1 Å². The summed E-state index contributed by atoms with van der Waals surface area (Å²) >= 11 is 0. The maximum Gasteiger partial charge on any atom is 0.216 e. The molecular formula is C34H35FNO2+. The smallest absolute Gasteiger partial charge is 0.216 e. The van der Waals surface area contributed by atoms with Gasteiger partial charge in [0, 0.05) is 40.2 Å². The second-order valence-corrected chi connectivity index (χ2v) is 10.5. The Labute approximate surface area is 228 Å². The molecule has 0 aliphatic carbocycles. The van der Waals surface area contributed by atoms with Crippen LogP contribution in [-0.4, -0.2) is 13.2 Å². The van der Waals surface area contributed by atoms with Crippen LogP contribution in [0, 0.1) is 18.7 Å². The Hall–Kier alpha value is -3.50. The fraction of sp³-hybridized carbons (Fsp3) is 0.324. The monoisotopic (exact) mass is 511 g/mol. The van der Waals surface area contributed by atoms with Crippen LogP contribution >= 0.6 is 0 Å². The molecule has 194 valence electrons. The molecule has 1 aliphatic rings. The highest BCUT2D eigenvalue weighted by Crippen LogP contribution is 2.42. The first kappa shape index (κ1) is 21.4. The molecule has 0 atom stereocenters. The van der Waals surface area contributed by atoms with Crippen molar-refractivity contribution in [2.45, 2.75) is 45.9 Å². The van der Waals surface area contributed by atoms with Gasteiger partial charge in [0.2, 0.25) is 5.69 Å². The molecule has 1 aliphatic heterocycles. The fourth-order valence-corrected chi connectivity index (χ4v) is 5.59. The number of hydrogen-bond donors (Lipinski definition) is 0. The number of benzene rings is 3. The Morgan fingerprint density at radius 2 is 1.66 bits per heavy atom. The number of ether oxygens (including phenoxy) is 1. The van der Waals surface area contributed by atoms with Crippen molar-refractivity contribution in [3.05, 3.63) is 89.4 Å². The number of aromatic nitrogens is 1. The first-order valence-electron chi connectivity index (χ1n) is 14.8. The number of halogens is 1. The van der Waals surface area contributed by atoms with Gasteiger partial charge >= 0.3 is 0 Å². The van der Waals surface area contributed by atoms with Gasteiger partial charge in [-0.2, -0.15) is 0 Å². The van der Waals surface area contributed by atoms with Crippen molar-refractivity contribution in [3.8, 4) is 22.4 Å². The number of pyridine rings is 1. The molecular weight excluding hydrogens is 473 g/mol. The highest BCUT2D eigenvalue weighted by Gasteiger charge is 2.24. The van der Waals surface area contributed by atoms with E-state index in [1.54, 1.807) is 6.07 Å². The third-order valence-electron chi connectivity index (χ3n) is 7.51. The summed E-state index contributed by atoms with van der Waals surface area (Å²) in [5.41, 5.74) is 6.41. The van der Waals surface area contributed by atoms with Crippen LogP contribution in [0.5, 0.6) is 0 Å². The maximum absolute atomic E-state index is 15.5. The summed E-state index contributed by atoms with van der Waals surface area (Å²) in [5, 5.41) is 1.70. The molecule has 1 fully saturated rings. The lowest BCUT2D eigenvalue weighted by atomic mass is 9.90. The van der Waals surface area contributed by atoms with Gasteiger partial charge in [0.05, 0.1) is 11.1 Å². The van der Waals surface area contributed by atoms with Crippen molar-refractivity contribution in [2.75, 3.05) is 13.2 Å². The molecule has 0 amide bonds. The Kier molecular flexibility index (Phi) is 5.64. The SMILES string of the molecule is [2H]C1(c2ccc(-c3c(F)ccc4c3oc3c(-c5cc(C([2H])([2H])C(C)C)cc[n+]5C)c(C)ccc34)cc2)CCOCC1. The van der Waals surface area contributed by atoms with E-state index in [0.717, 1.165) is 33.2 Å². The van der Waals surface area contributed by atoms with Crippen LogP contribution in [-0.2, 0) is 18.2 Å². The lowest BCUT2D eigenvalue weighted by Crippen LogP contribution is -2.31. The Morgan fingerprint density at radius 3 is 2.37 bits per heavy atom. The number of hydrogen-bond acceptors (Lipinski definition) is 2. The van der Waals surface area contributed by atoms with Crippen LogP contribution in [0.3, 0.4) is 0 Å². The Bertz CT molecular complexity index is 1770. The van der Waals surface area contributed by atoms with Crippen molar-refractivity contribution in [1.82, 2.24) is 0 Å². The number of furan rings is 1. The second-order valence-electron chi connectivity index (χ2n) is 10.5. The quantitative estimate of drug-likeness (QED) is 0.222. The minimum absolute atomic E-state index is 0.195. The van der Waals surface area contributed by atoms with E-state index >= 15 is 4.39 Å². The number of rotatable bonds is 5. The normalized spacial score (nSPS) is 17.1. The van der Waals surface area contributed by atoms with Crippen molar-refractivity contribution in [2.24, 2.45) is 13.0 Å². The van der Waals surface area contributed by atoms with Gasteiger partial charge in [-0.05, 0) is 72.3 Å². The van der Waals surface area contributed by atoms with Crippen molar-refractivity contribution >= 4 is 21.9 Å². The summed E-state index contributed by atoms with van der Waals surface area (Å²) < 4.78 is 55.8. The van der Waals surface area contributed by atoms with Crippen LogP contribution in [0.1, 0.15) is 53.4 Å². The van der Waals surface area contributed by atoms with Crippen molar-refractivity contribution in [1.29, 1.82) is 0 Å². The molecule has 4 heteroatoms. The van der Waals surface area contributed by atoms with Crippen LogP contribution in [0.25, 0.3) is 44.3 Å². The minimum atomic E-state index is -1.50. The molecule has 0 bridgehead atoms. The van der Waals surface area contributed by atoms with E-state index in [2.05, 4.69) is 0 Å². The van der Waals surface area contributed by atoms with Crippen molar-refractivity contribution < 1.29 is 22.2 Å². The van der Waals surface area contributed by atoms with Crippen LogP contribution < -0.4 is 4.57 Å². The van der Waals surface area contributed by atoms with Gasteiger partial charge in [0.15, 0.2) is 6.20 Å². The first-order valence-corrected chi connectivity index (χ1v) is 13.3. The molecule has 38 heavy (non-hydrogen) atoms. The number of nitrogens with zero attached hydrogens (tertiary/aromatic N) is 1. The summed E-state index contributed by atoms with van der Waals surface area (Å²) in [6, 6.07) is 18.7. The van der Waals surface area contributed by atoms with Crippen LogP contribution in [0.15, 0.2) is 71.3 Å². The zero-order valence-electron chi connectivity index (χ0n) is 25.4. The maximum atomic E-state index is 15.5. The minimum Gasteiger partial charge on any atom is -0.454 e. The molecule has 5 aromatic rings. The molecule has 0 radical (unpaired) electrons. The first-order chi connectivity index (χ1) is 19.5. The molecule has 0 N–H and O–H groups in total. The second kappa shape index (κ2) is 9.99. The van der Waals surface area contributed by atoms with Gasteiger partial charge in [-0.1, -0.05) is 50.2 Å². The summed E-state index contributed by atoms with van der Waals surface area (Å²) in [5.74, 6) is -1.26. The third-order valence-corrected chi connectivity index (χ3v) is 7.51. The zero-order valence-corrected chi connectivity index (χ0v) is 22.4. The van der Waals surface area contributed by atoms with Gasteiger partial charge in [0.1, 0.15) is 24.0 Å². The van der Waals surface area contributed by atoms with Gasteiger partial charge in [-0.25, -0.2) is 8.96 Å². The number of aryl methyl sites for hydroxylation is 2. The van der Waals surface area contributed by atoms with E-state index in [9.17, 15) is 0 Å². The molecule has 6 rings (SSSR count). The lowest BCUT2D eigenvalue weighted by Gasteiger charge is -2.22. The highest BCUT2D eigenvalue weighted by atomic mass is 19.1. The topological polar surface area (TPSA) is 26.2 Å². The summed E-state index contributed by atoms with van der Waals surface area (Å²) in [7, 11) is 1.94. The van der Waals surface area contributed by atoms with E-state index in [1.165, 1.54) is 6.07 Å². The summed E-state index contributed by atoms with van der Waals surface area (Å²) in [6.45, 7) is 6.92. The standard InChI is InChI=1S/C34H35FNO2/c1-21(2)19-23-13-16-36(4)30(20-23)31-22(3)5-10-27-28-11-12-29(35)32(34(28)38-33(27)31)26-8-6-24(7-9-26)25-14-17-37-18-15-25/h5-13,16,20-21,25H,14-15,17-19H2,1-4H3/q+1/i19D2,25D. The molecule has 3 nitrogen and oxygen atoms in total. The predicted molar refractivity (Wildman–Crippen MR) is 152 cm³/mol. The molecule has 3 heterocycles. The van der Waals surface area contributed by atoms with Crippen molar-refractivity contribution in [3.63, 3.8) is 0 Å². The fourth-order valence-electron chi connectivity index (χ4n) is 5.59. The van der Waals surface area contributed by atoms with E-state index < -0.39 is 12.3 Å². The average molecular weight is 512 g/mol. The lowest BCUT2D eigenvalue weighted by molar-refractivity contribution is -0.660. The zero-order chi connectivity index (χ0) is 29.1. The summed E-state index contributed by atoms with van der Waals surface area (Å²) in [6.07, 6.45) is 1.66. The van der Waals surface area contributed by atoms with Crippen LogP contribution in [0.4, 0.5) is 4.39 Å². The van der Waals surface area contributed by atoms with Gasteiger partial charge in [-0.3, -0.25) is 0 Å². The van der Waals surface area contributed by atoms with E-state index in [0.29, 0.717) is 53.9 Å². The number of fused-ring (bicyclic) bond motifs is 3. The largest absolute Gasteiger partial charge is 0.454 e. The van der Waals surface area contributed by atoms with E-state index in [4.69, 9.17) is 13.3 Å². The van der Waals surface area contributed by atoms with E-state index in [-0.39, 0.29) is 11.7 Å². The Morgan fingerprint density at radius 1 is 0.974 bits per heavy atom. The summed E-state index contributed by atoms with van der Waals surface area (Å²) in [4.78, 5) is 0. The predicted octanol–water partition coefficient (Wildman–Crippen LogP) is 8.28. The highest BCUT2D eigenvalue weighted by molar-refractivity contribution is 6.13. The average Bonchev–Trinajstić information content (AvgIpc) is 3.32. The van der Waals surface area contributed by atoms with Gasteiger partial charge < -0.3 is 9.15 Å². The van der Waals surface area contributed by atoms with Gasteiger partial charge in [0.25, 0.3) is 0 Å². The Balaban J connectivity index is 1.53. The van der Waals surface area contributed by atoms with Gasteiger partial charge in [-0.15, -0.1) is 0 Å². The molecule has 0 saturated carbocycles. The molecule has 0 spiro atoms. The molecule has 1 saturated heterocycles.